The smallest absolute Gasteiger partial charge is 0.332 e. The summed E-state index contributed by atoms with van der Waals surface area (Å²) >= 11 is 0. The van der Waals surface area contributed by atoms with Crippen LogP contribution in [-0.4, -0.2) is 18.1 Å². The second-order valence-corrected chi connectivity index (χ2v) is 5.05. The number of esters is 1. The lowest BCUT2D eigenvalue weighted by Gasteiger charge is -2.24. The molecule has 1 aromatic rings. The van der Waals surface area contributed by atoms with Gasteiger partial charge in [-0.3, -0.25) is 0 Å². The Morgan fingerprint density at radius 3 is 2.39 bits per heavy atom. The highest BCUT2D eigenvalue weighted by atomic mass is 16.5. The summed E-state index contributed by atoms with van der Waals surface area (Å²) in [5, 5.41) is 3.32. The van der Waals surface area contributed by atoms with Crippen LogP contribution in [0.15, 0.2) is 36.4 Å². The molecule has 0 fully saturated rings. The third-order valence-electron chi connectivity index (χ3n) is 2.14. The molecule has 0 amide bonds. The molecule has 0 heterocycles. The maximum absolute atomic E-state index is 11.6. The lowest BCUT2D eigenvalue weighted by atomic mass is 10.1. The Bertz CT molecular complexity index is 416. The van der Waals surface area contributed by atoms with E-state index in [9.17, 15) is 4.79 Å². The monoisotopic (exact) mass is 247 g/mol. The zero-order valence-electron chi connectivity index (χ0n) is 11.5. The highest BCUT2D eigenvalue weighted by Gasteiger charge is 2.13. The molecule has 0 aromatic heterocycles. The maximum atomic E-state index is 11.6. The van der Waals surface area contributed by atoms with Crippen LogP contribution in [0.25, 0.3) is 5.70 Å². The average Bonchev–Trinajstić information content (AvgIpc) is 2.28. The van der Waals surface area contributed by atoms with Crippen molar-refractivity contribution in [2.75, 3.05) is 6.61 Å². The molecule has 0 aliphatic heterocycles. The van der Waals surface area contributed by atoms with Gasteiger partial charge in [-0.1, -0.05) is 30.3 Å². The Kier molecular flexibility index (Phi) is 4.95. The van der Waals surface area contributed by atoms with Gasteiger partial charge >= 0.3 is 5.97 Å². The van der Waals surface area contributed by atoms with Crippen molar-refractivity contribution >= 4 is 11.7 Å². The molecule has 1 aromatic carbocycles. The number of carbonyl (C=O) groups is 1. The number of hydrogen-bond donors (Lipinski definition) is 1. The number of hydrogen-bond acceptors (Lipinski definition) is 3. The fourth-order valence-electron chi connectivity index (χ4n) is 1.52. The van der Waals surface area contributed by atoms with Crippen LogP contribution in [0, 0.1) is 0 Å². The zero-order chi connectivity index (χ0) is 13.6. The molecule has 0 radical (unpaired) electrons. The van der Waals surface area contributed by atoms with Crippen LogP contribution in [0.2, 0.25) is 0 Å². The van der Waals surface area contributed by atoms with Crippen molar-refractivity contribution in [2.45, 2.75) is 33.2 Å². The standard InChI is InChI=1S/C15H21NO2/c1-5-18-14(17)11-13(16-15(2,3)4)12-9-7-6-8-10-12/h6-11,16H,5H2,1-4H3. The van der Waals surface area contributed by atoms with Gasteiger partial charge in [0, 0.05) is 17.3 Å². The summed E-state index contributed by atoms with van der Waals surface area (Å²) in [6.45, 7) is 8.33. The first-order valence-corrected chi connectivity index (χ1v) is 6.14. The Labute approximate surface area is 109 Å². The van der Waals surface area contributed by atoms with E-state index in [1.807, 2.05) is 30.3 Å². The van der Waals surface area contributed by atoms with Crippen LogP contribution < -0.4 is 5.32 Å². The first-order valence-electron chi connectivity index (χ1n) is 6.14. The van der Waals surface area contributed by atoms with Crippen LogP contribution >= 0.6 is 0 Å². The van der Waals surface area contributed by atoms with E-state index in [1.165, 1.54) is 6.08 Å². The molecule has 1 rings (SSSR count). The van der Waals surface area contributed by atoms with E-state index in [4.69, 9.17) is 4.74 Å². The highest BCUT2D eigenvalue weighted by molar-refractivity contribution is 5.91. The quantitative estimate of drug-likeness (QED) is 0.656. The first-order chi connectivity index (χ1) is 8.42. The molecule has 0 aliphatic rings. The minimum atomic E-state index is -0.326. The number of ether oxygens (including phenoxy) is 1. The van der Waals surface area contributed by atoms with Gasteiger partial charge in [-0.05, 0) is 33.3 Å². The van der Waals surface area contributed by atoms with Crippen LogP contribution in [0.1, 0.15) is 33.3 Å². The van der Waals surface area contributed by atoms with Gasteiger partial charge in [-0.15, -0.1) is 0 Å². The predicted octanol–water partition coefficient (Wildman–Crippen LogP) is 2.98. The normalized spacial score (nSPS) is 12.1. The van der Waals surface area contributed by atoms with E-state index in [-0.39, 0.29) is 11.5 Å². The summed E-state index contributed by atoms with van der Waals surface area (Å²) < 4.78 is 4.95. The Morgan fingerprint density at radius 1 is 1.28 bits per heavy atom. The molecule has 18 heavy (non-hydrogen) atoms. The number of nitrogens with one attached hydrogen (secondary N) is 1. The van der Waals surface area contributed by atoms with Gasteiger partial charge in [0.25, 0.3) is 0 Å². The molecular formula is C15H21NO2. The van der Waals surface area contributed by atoms with Gasteiger partial charge in [0.1, 0.15) is 0 Å². The van der Waals surface area contributed by atoms with E-state index in [0.717, 1.165) is 11.3 Å². The topological polar surface area (TPSA) is 38.3 Å². The van der Waals surface area contributed by atoms with Crippen molar-refractivity contribution in [2.24, 2.45) is 0 Å². The van der Waals surface area contributed by atoms with Crippen LogP contribution in [0.4, 0.5) is 0 Å². The second kappa shape index (κ2) is 6.24. The fraction of sp³-hybridized carbons (Fsp3) is 0.400. The SMILES string of the molecule is CCOC(=O)C=C(NC(C)(C)C)c1ccccc1. The van der Waals surface area contributed by atoms with Crippen molar-refractivity contribution in [1.82, 2.24) is 5.32 Å². The minimum absolute atomic E-state index is 0.117. The molecule has 3 heteroatoms. The molecular weight excluding hydrogens is 226 g/mol. The van der Waals surface area contributed by atoms with Gasteiger partial charge < -0.3 is 10.1 Å². The van der Waals surface area contributed by atoms with Crippen molar-refractivity contribution < 1.29 is 9.53 Å². The van der Waals surface area contributed by atoms with Gasteiger partial charge in [0.05, 0.1) is 6.61 Å². The lowest BCUT2D eigenvalue weighted by Crippen LogP contribution is -2.34. The second-order valence-electron chi connectivity index (χ2n) is 5.05. The van der Waals surface area contributed by atoms with Gasteiger partial charge in [-0.25, -0.2) is 4.79 Å². The van der Waals surface area contributed by atoms with Crippen molar-refractivity contribution in [3.05, 3.63) is 42.0 Å². The molecule has 0 saturated heterocycles. The average molecular weight is 247 g/mol. The molecule has 0 aliphatic carbocycles. The Morgan fingerprint density at radius 2 is 1.89 bits per heavy atom. The molecule has 0 unspecified atom stereocenters. The van der Waals surface area contributed by atoms with Crippen LogP contribution in [0.3, 0.4) is 0 Å². The molecule has 0 spiro atoms. The third kappa shape index (κ3) is 5.04. The van der Waals surface area contributed by atoms with E-state index >= 15 is 0 Å². The summed E-state index contributed by atoms with van der Waals surface area (Å²) in [4.78, 5) is 11.6. The van der Waals surface area contributed by atoms with Crippen molar-refractivity contribution in [3.8, 4) is 0 Å². The van der Waals surface area contributed by atoms with Crippen LogP contribution in [0.5, 0.6) is 0 Å². The molecule has 98 valence electrons. The third-order valence-corrected chi connectivity index (χ3v) is 2.14. The highest BCUT2D eigenvalue weighted by Crippen LogP contribution is 2.15. The molecule has 0 bridgehead atoms. The number of rotatable bonds is 4. The summed E-state index contributed by atoms with van der Waals surface area (Å²) in [5.74, 6) is -0.326. The summed E-state index contributed by atoms with van der Waals surface area (Å²) in [5.41, 5.74) is 1.63. The van der Waals surface area contributed by atoms with E-state index in [2.05, 4.69) is 26.1 Å². The summed E-state index contributed by atoms with van der Waals surface area (Å²) in [6, 6.07) is 9.76. The molecule has 1 N–H and O–H groups in total. The molecule has 0 atom stereocenters. The van der Waals surface area contributed by atoms with Crippen molar-refractivity contribution in [1.29, 1.82) is 0 Å². The molecule has 0 saturated carbocycles. The molecule has 3 nitrogen and oxygen atoms in total. The largest absolute Gasteiger partial charge is 0.463 e. The lowest BCUT2D eigenvalue weighted by molar-refractivity contribution is -0.137. The first kappa shape index (κ1) is 14.3. The maximum Gasteiger partial charge on any atom is 0.332 e. The number of carbonyl (C=O) groups excluding carboxylic acids is 1. The summed E-state index contributed by atoms with van der Waals surface area (Å²) in [7, 11) is 0. The van der Waals surface area contributed by atoms with E-state index in [0.29, 0.717) is 6.61 Å². The Balaban J connectivity index is 2.99. The van der Waals surface area contributed by atoms with Crippen molar-refractivity contribution in [3.63, 3.8) is 0 Å². The summed E-state index contributed by atoms with van der Waals surface area (Å²) in [6.07, 6.45) is 1.50. The van der Waals surface area contributed by atoms with Crippen LogP contribution in [-0.2, 0) is 9.53 Å². The van der Waals surface area contributed by atoms with E-state index in [1.54, 1.807) is 6.92 Å². The predicted molar refractivity (Wildman–Crippen MR) is 73.9 cm³/mol. The van der Waals surface area contributed by atoms with E-state index < -0.39 is 0 Å². The van der Waals surface area contributed by atoms with Gasteiger partial charge in [0.15, 0.2) is 0 Å². The minimum Gasteiger partial charge on any atom is -0.463 e. The fourth-order valence-corrected chi connectivity index (χ4v) is 1.52. The van der Waals surface area contributed by atoms with Gasteiger partial charge in [0.2, 0.25) is 0 Å². The Hall–Kier alpha value is -1.77. The number of benzene rings is 1. The van der Waals surface area contributed by atoms with Gasteiger partial charge in [-0.2, -0.15) is 0 Å². The zero-order valence-corrected chi connectivity index (χ0v) is 11.5.